The molecule has 0 aliphatic rings. The van der Waals surface area contributed by atoms with E-state index in [9.17, 15) is 0 Å². The van der Waals surface area contributed by atoms with Crippen LogP contribution < -0.4 is 11.3 Å². The zero-order valence-electron chi connectivity index (χ0n) is 10.2. The number of hydrogen-bond donors (Lipinski definition) is 2. The van der Waals surface area contributed by atoms with Gasteiger partial charge in [0.2, 0.25) is 0 Å². The predicted molar refractivity (Wildman–Crippen MR) is 61.6 cm³/mol. The summed E-state index contributed by atoms with van der Waals surface area (Å²) >= 11 is 0. The lowest BCUT2D eigenvalue weighted by Gasteiger charge is -2.23. The molecule has 0 aromatic carbocycles. The monoisotopic (exact) mass is 227 g/mol. The van der Waals surface area contributed by atoms with Gasteiger partial charge >= 0.3 is 0 Å². The van der Waals surface area contributed by atoms with Gasteiger partial charge in [-0.15, -0.1) is 0 Å². The summed E-state index contributed by atoms with van der Waals surface area (Å²) in [5, 5.41) is 4.13. The molecule has 1 aromatic heterocycles. The van der Waals surface area contributed by atoms with Gasteiger partial charge in [0.05, 0.1) is 12.1 Å². The Morgan fingerprint density at radius 1 is 1.56 bits per heavy atom. The fourth-order valence-electron chi connectivity index (χ4n) is 1.82. The molecule has 0 fully saturated rings. The SMILES string of the molecule is CCC(OC)C(Cc1ncnn1CC)NN. The number of nitrogens with one attached hydrogen (secondary N) is 1. The van der Waals surface area contributed by atoms with Crippen molar-refractivity contribution in [2.24, 2.45) is 5.84 Å². The average Bonchev–Trinajstić information content (AvgIpc) is 2.76. The molecular formula is C10H21N5O. The normalized spacial score (nSPS) is 15.0. The summed E-state index contributed by atoms with van der Waals surface area (Å²) in [6.07, 6.45) is 3.29. The lowest BCUT2D eigenvalue weighted by molar-refractivity contribution is 0.0644. The molecule has 16 heavy (non-hydrogen) atoms. The first-order chi connectivity index (χ1) is 7.76. The summed E-state index contributed by atoms with van der Waals surface area (Å²) in [5.41, 5.74) is 2.79. The van der Waals surface area contributed by atoms with Gasteiger partial charge < -0.3 is 4.74 Å². The molecule has 1 aromatic rings. The number of hydrogen-bond acceptors (Lipinski definition) is 5. The number of ether oxygens (including phenoxy) is 1. The van der Waals surface area contributed by atoms with Crippen LogP contribution in [0.15, 0.2) is 6.33 Å². The lowest BCUT2D eigenvalue weighted by atomic mass is 10.1. The van der Waals surface area contributed by atoms with Gasteiger partial charge in [0.1, 0.15) is 12.2 Å². The number of nitrogens with two attached hydrogens (primary N) is 1. The van der Waals surface area contributed by atoms with Gasteiger partial charge in [0, 0.05) is 20.1 Å². The minimum absolute atomic E-state index is 0.0597. The van der Waals surface area contributed by atoms with Crippen molar-refractivity contribution < 1.29 is 4.74 Å². The maximum Gasteiger partial charge on any atom is 0.138 e. The van der Waals surface area contributed by atoms with Crippen LogP contribution in [-0.4, -0.2) is 34.0 Å². The summed E-state index contributed by atoms with van der Waals surface area (Å²) in [6, 6.07) is 0.0597. The highest BCUT2D eigenvalue weighted by atomic mass is 16.5. The number of aryl methyl sites for hydroxylation is 1. The highest BCUT2D eigenvalue weighted by molar-refractivity contribution is 4.91. The molecule has 3 N–H and O–H groups in total. The van der Waals surface area contributed by atoms with Crippen LogP contribution in [0.3, 0.4) is 0 Å². The second kappa shape index (κ2) is 6.57. The minimum Gasteiger partial charge on any atom is -0.380 e. The molecule has 2 atom stereocenters. The zero-order valence-corrected chi connectivity index (χ0v) is 10.2. The van der Waals surface area contributed by atoms with E-state index in [1.807, 2.05) is 11.6 Å². The minimum atomic E-state index is 0.0597. The van der Waals surface area contributed by atoms with E-state index < -0.39 is 0 Å². The summed E-state index contributed by atoms with van der Waals surface area (Å²) in [6.45, 7) is 4.93. The van der Waals surface area contributed by atoms with Crippen molar-refractivity contribution in [3.05, 3.63) is 12.2 Å². The third-order valence-electron chi connectivity index (χ3n) is 2.77. The number of aromatic nitrogens is 3. The highest BCUT2D eigenvalue weighted by Gasteiger charge is 2.20. The van der Waals surface area contributed by atoms with E-state index in [1.165, 1.54) is 0 Å². The van der Waals surface area contributed by atoms with Gasteiger partial charge in [-0.3, -0.25) is 16.0 Å². The van der Waals surface area contributed by atoms with Gasteiger partial charge in [-0.05, 0) is 13.3 Å². The van der Waals surface area contributed by atoms with Crippen LogP contribution in [0.4, 0.5) is 0 Å². The third-order valence-corrected chi connectivity index (χ3v) is 2.77. The van der Waals surface area contributed by atoms with Crippen LogP contribution in [0, 0.1) is 0 Å². The molecule has 2 unspecified atom stereocenters. The smallest absolute Gasteiger partial charge is 0.138 e. The Balaban J connectivity index is 2.69. The van der Waals surface area contributed by atoms with Crippen LogP contribution in [-0.2, 0) is 17.7 Å². The fraction of sp³-hybridized carbons (Fsp3) is 0.800. The van der Waals surface area contributed by atoms with Crippen molar-refractivity contribution in [3.63, 3.8) is 0 Å². The Hall–Kier alpha value is -0.980. The van der Waals surface area contributed by atoms with Crippen molar-refractivity contribution >= 4 is 0 Å². The Labute approximate surface area is 96.2 Å². The average molecular weight is 227 g/mol. The van der Waals surface area contributed by atoms with E-state index in [0.717, 1.165) is 25.2 Å². The lowest BCUT2D eigenvalue weighted by Crippen LogP contribution is -2.46. The highest BCUT2D eigenvalue weighted by Crippen LogP contribution is 2.08. The molecule has 0 aliphatic heterocycles. The van der Waals surface area contributed by atoms with Crippen molar-refractivity contribution in [2.45, 2.75) is 45.4 Å². The van der Waals surface area contributed by atoms with E-state index in [2.05, 4.69) is 22.4 Å². The maximum atomic E-state index is 5.55. The topological polar surface area (TPSA) is 78.0 Å². The molecule has 0 saturated heterocycles. The first-order valence-electron chi connectivity index (χ1n) is 5.62. The van der Waals surface area contributed by atoms with Crippen LogP contribution in [0.1, 0.15) is 26.1 Å². The summed E-state index contributed by atoms with van der Waals surface area (Å²) < 4.78 is 7.24. The Morgan fingerprint density at radius 3 is 2.81 bits per heavy atom. The quantitative estimate of drug-likeness (QED) is 0.510. The Morgan fingerprint density at radius 2 is 2.31 bits per heavy atom. The summed E-state index contributed by atoms with van der Waals surface area (Å²) in [7, 11) is 1.70. The first kappa shape index (κ1) is 13.1. The number of nitrogens with zero attached hydrogens (tertiary/aromatic N) is 3. The largest absolute Gasteiger partial charge is 0.380 e. The van der Waals surface area contributed by atoms with E-state index in [-0.39, 0.29) is 12.1 Å². The predicted octanol–water partition coefficient (Wildman–Crippen LogP) is 0.0974. The second-order valence-corrected chi connectivity index (χ2v) is 3.65. The van der Waals surface area contributed by atoms with Crippen LogP contribution in [0.25, 0.3) is 0 Å². The number of rotatable bonds is 7. The molecule has 0 aliphatic carbocycles. The number of methoxy groups -OCH3 is 1. The van der Waals surface area contributed by atoms with Crippen LogP contribution in [0.5, 0.6) is 0 Å². The van der Waals surface area contributed by atoms with Gasteiger partial charge in [0.15, 0.2) is 0 Å². The second-order valence-electron chi connectivity index (χ2n) is 3.65. The van der Waals surface area contributed by atoms with E-state index in [0.29, 0.717) is 0 Å². The fourth-order valence-corrected chi connectivity index (χ4v) is 1.82. The molecule has 0 spiro atoms. The summed E-state index contributed by atoms with van der Waals surface area (Å²) in [5.74, 6) is 6.48. The number of hydrazine groups is 1. The van der Waals surface area contributed by atoms with Crippen LogP contribution >= 0.6 is 0 Å². The van der Waals surface area contributed by atoms with E-state index >= 15 is 0 Å². The van der Waals surface area contributed by atoms with Crippen molar-refractivity contribution in [1.29, 1.82) is 0 Å². The standard InChI is InChI=1S/C10H21N5O/c1-4-9(16-3)8(14-11)6-10-12-7-13-15(10)5-2/h7-9,14H,4-6,11H2,1-3H3. The molecule has 0 radical (unpaired) electrons. The van der Waals surface area contributed by atoms with Crippen molar-refractivity contribution in [1.82, 2.24) is 20.2 Å². The van der Waals surface area contributed by atoms with Crippen molar-refractivity contribution in [2.75, 3.05) is 7.11 Å². The van der Waals surface area contributed by atoms with E-state index in [4.69, 9.17) is 10.6 Å². The third kappa shape index (κ3) is 3.01. The molecule has 0 saturated carbocycles. The zero-order chi connectivity index (χ0) is 12.0. The first-order valence-corrected chi connectivity index (χ1v) is 5.62. The summed E-state index contributed by atoms with van der Waals surface area (Å²) in [4.78, 5) is 4.23. The van der Waals surface area contributed by atoms with Gasteiger partial charge in [-0.1, -0.05) is 6.92 Å². The molecule has 6 heteroatoms. The van der Waals surface area contributed by atoms with Gasteiger partial charge in [-0.2, -0.15) is 5.10 Å². The molecular weight excluding hydrogens is 206 g/mol. The molecule has 0 amide bonds. The maximum absolute atomic E-state index is 5.55. The van der Waals surface area contributed by atoms with Gasteiger partial charge in [0.25, 0.3) is 0 Å². The van der Waals surface area contributed by atoms with E-state index in [1.54, 1.807) is 13.4 Å². The molecule has 92 valence electrons. The van der Waals surface area contributed by atoms with Crippen molar-refractivity contribution in [3.8, 4) is 0 Å². The molecule has 1 heterocycles. The van der Waals surface area contributed by atoms with Crippen LogP contribution in [0.2, 0.25) is 0 Å². The Bertz CT molecular complexity index is 297. The molecule has 6 nitrogen and oxygen atoms in total. The van der Waals surface area contributed by atoms with Gasteiger partial charge in [-0.25, -0.2) is 4.98 Å². The molecule has 0 bridgehead atoms. The molecule has 1 rings (SSSR count). The Kier molecular flexibility index (Phi) is 5.37.